The lowest BCUT2D eigenvalue weighted by molar-refractivity contribution is -0.000268. The molecule has 0 bridgehead atoms. The standard InChI is InChI=1S/C10H14N2O/c1-8-10(13-7-6-12-8)9-2-4-11-5-3-9/h2-5,8,10,12H,6-7H2,1H3. The van der Waals surface area contributed by atoms with Crippen molar-refractivity contribution in [3.63, 3.8) is 0 Å². The van der Waals surface area contributed by atoms with Gasteiger partial charge >= 0.3 is 0 Å². The van der Waals surface area contributed by atoms with Crippen molar-refractivity contribution in [3.8, 4) is 0 Å². The molecule has 2 heterocycles. The molecule has 0 saturated carbocycles. The molecule has 0 spiro atoms. The van der Waals surface area contributed by atoms with Crippen molar-refractivity contribution in [2.24, 2.45) is 0 Å². The third kappa shape index (κ3) is 1.87. The Kier molecular flexibility index (Phi) is 2.57. The summed E-state index contributed by atoms with van der Waals surface area (Å²) in [4.78, 5) is 3.99. The summed E-state index contributed by atoms with van der Waals surface area (Å²) in [6.07, 6.45) is 3.79. The average Bonchev–Trinajstić information content (AvgIpc) is 2.20. The summed E-state index contributed by atoms with van der Waals surface area (Å²) in [5, 5.41) is 3.39. The first-order valence-electron chi connectivity index (χ1n) is 4.63. The van der Waals surface area contributed by atoms with Crippen LogP contribution in [0.4, 0.5) is 0 Å². The van der Waals surface area contributed by atoms with Gasteiger partial charge < -0.3 is 10.1 Å². The zero-order chi connectivity index (χ0) is 9.10. The molecule has 3 nitrogen and oxygen atoms in total. The topological polar surface area (TPSA) is 34.1 Å². The molecule has 1 aromatic rings. The maximum Gasteiger partial charge on any atom is 0.0976 e. The Hall–Kier alpha value is -0.930. The molecule has 2 atom stereocenters. The van der Waals surface area contributed by atoms with Crippen molar-refractivity contribution < 1.29 is 4.74 Å². The quantitative estimate of drug-likeness (QED) is 0.700. The van der Waals surface area contributed by atoms with E-state index in [1.165, 1.54) is 5.56 Å². The van der Waals surface area contributed by atoms with Crippen LogP contribution in [0.5, 0.6) is 0 Å². The Morgan fingerprint density at radius 2 is 2.23 bits per heavy atom. The minimum atomic E-state index is 0.178. The Balaban J connectivity index is 2.15. The van der Waals surface area contributed by atoms with Crippen molar-refractivity contribution in [2.75, 3.05) is 13.2 Å². The first kappa shape index (κ1) is 8.66. The van der Waals surface area contributed by atoms with Gasteiger partial charge in [-0.1, -0.05) is 0 Å². The Morgan fingerprint density at radius 1 is 1.46 bits per heavy atom. The number of rotatable bonds is 1. The van der Waals surface area contributed by atoms with Gasteiger partial charge in [0.1, 0.15) is 0 Å². The van der Waals surface area contributed by atoms with E-state index in [9.17, 15) is 0 Å². The summed E-state index contributed by atoms with van der Waals surface area (Å²) in [7, 11) is 0. The molecule has 1 fully saturated rings. The molecule has 0 aliphatic carbocycles. The van der Waals surface area contributed by atoms with Gasteiger partial charge in [0.25, 0.3) is 0 Å². The molecule has 70 valence electrons. The molecule has 13 heavy (non-hydrogen) atoms. The highest BCUT2D eigenvalue weighted by atomic mass is 16.5. The lowest BCUT2D eigenvalue weighted by Crippen LogP contribution is -2.41. The van der Waals surface area contributed by atoms with Crippen LogP contribution in [0.15, 0.2) is 24.5 Å². The smallest absolute Gasteiger partial charge is 0.0976 e. The number of nitrogens with one attached hydrogen (secondary N) is 1. The van der Waals surface area contributed by atoms with Crippen molar-refractivity contribution >= 4 is 0 Å². The molecule has 1 saturated heterocycles. The highest BCUT2D eigenvalue weighted by Crippen LogP contribution is 2.22. The maximum absolute atomic E-state index is 5.69. The SMILES string of the molecule is CC1NCCOC1c1ccncc1. The number of nitrogens with zero attached hydrogens (tertiary/aromatic N) is 1. The number of hydrogen-bond acceptors (Lipinski definition) is 3. The summed E-state index contributed by atoms with van der Waals surface area (Å²) in [6, 6.07) is 4.40. The lowest BCUT2D eigenvalue weighted by atomic mass is 10.0. The lowest BCUT2D eigenvalue weighted by Gasteiger charge is -2.30. The number of hydrogen-bond donors (Lipinski definition) is 1. The van der Waals surface area contributed by atoms with Gasteiger partial charge in [0.2, 0.25) is 0 Å². The van der Waals surface area contributed by atoms with E-state index in [1.54, 1.807) is 12.4 Å². The molecular weight excluding hydrogens is 164 g/mol. The molecule has 1 aliphatic heterocycles. The number of pyridine rings is 1. The van der Waals surface area contributed by atoms with Gasteiger partial charge in [0.15, 0.2) is 0 Å². The molecule has 3 heteroatoms. The van der Waals surface area contributed by atoms with Crippen LogP contribution in [0, 0.1) is 0 Å². The summed E-state index contributed by atoms with van der Waals surface area (Å²) < 4.78 is 5.69. The second kappa shape index (κ2) is 3.85. The fourth-order valence-electron chi connectivity index (χ4n) is 1.66. The van der Waals surface area contributed by atoms with E-state index in [1.807, 2.05) is 12.1 Å². The molecule has 1 aromatic heterocycles. The van der Waals surface area contributed by atoms with Crippen LogP contribution in [0.3, 0.4) is 0 Å². The second-order valence-corrected chi connectivity index (χ2v) is 3.31. The van der Waals surface area contributed by atoms with E-state index >= 15 is 0 Å². The molecule has 2 rings (SSSR count). The zero-order valence-corrected chi connectivity index (χ0v) is 7.73. The average molecular weight is 178 g/mol. The molecule has 0 radical (unpaired) electrons. The normalized spacial score (nSPS) is 28.7. The van der Waals surface area contributed by atoms with Crippen LogP contribution in [0.1, 0.15) is 18.6 Å². The molecular formula is C10H14N2O. The first-order valence-corrected chi connectivity index (χ1v) is 4.63. The Morgan fingerprint density at radius 3 is 2.92 bits per heavy atom. The summed E-state index contributed by atoms with van der Waals surface area (Å²) in [5.41, 5.74) is 1.20. The molecule has 0 aromatic carbocycles. The first-order chi connectivity index (χ1) is 6.38. The van der Waals surface area contributed by atoms with Gasteiger partial charge in [-0.25, -0.2) is 0 Å². The minimum Gasteiger partial charge on any atom is -0.371 e. The van der Waals surface area contributed by atoms with Crippen molar-refractivity contribution in [1.82, 2.24) is 10.3 Å². The minimum absolute atomic E-state index is 0.178. The molecule has 0 amide bonds. The summed E-state index contributed by atoms with van der Waals surface area (Å²) in [5.74, 6) is 0. The number of morpholine rings is 1. The largest absolute Gasteiger partial charge is 0.371 e. The number of aromatic nitrogens is 1. The monoisotopic (exact) mass is 178 g/mol. The van der Waals surface area contributed by atoms with E-state index in [0.29, 0.717) is 6.04 Å². The number of ether oxygens (including phenoxy) is 1. The van der Waals surface area contributed by atoms with Crippen LogP contribution in [0.25, 0.3) is 0 Å². The third-order valence-corrected chi connectivity index (χ3v) is 2.35. The third-order valence-electron chi connectivity index (χ3n) is 2.35. The van der Waals surface area contributed by atoms with Crippen LogP contribution in [-0.2, 0) is 4.74 Å². The van der Waals surface area contributed by atoms with Crippen molar-refractivity contribution in [3.05, 3.63) is 30.1 Å². The summed E-state index contributed by atoms with van der Waals surface area (Å²) >= 11 is 0. The van der Waals surface area contributed by atoms with E-state index in [2.05, 4.69) is 17.2 Å². The van der Waals surface area contributed by atoms with E-state index in [0.717, 1.165) is 13.2 Å². The molecule has 2 unspecified atom stereocenters. The highest BCUT2D eigenvalue weighted by molar-refractivity contribution is 5.15. The van der Waals surface area contributed by atoms with Crippen LogP contribution >= 0.6 is 0 Å². The maximum atomic E-state index is 5.69. The van der Waals surface area contributed by atoms with Gasteiger partial charge in [0, 0.05) is 25.0 Å². The summed E-state index contributed by atoms with van der Waals surface area (Å²) in [6.45, 7) is 3.88. The van der Waals surface area contributed by atoms with Crippen LogP contribution < -0.4 is 5.32 Å². The van der Waals surface area contributed by atoms with Crippen LogP contribution in [0.2, 0.25) is 0 Å². The Labute approximate surface area is 78.1 Å². The fraction of sp³-hybridized carbons (Fsp3) is 0.500. The van der Waals surface area contributed by atoms with Crippen molar-refractivity contribution in [1.29, 1.82) is 0 Å². The molecule has 1 aliphatic rings. The van der Waals surface area contributed by atoms with E-state index in [-0.39, 0.29) is 6.10 Å². The van der Waals surface area contributed by atoms with Gasteiger partial charge in [-0.2, -0.15) is 0 Å². The zero-order valence-electron chi connectivity index (χ0n) is 7.73. The van der Waals surface area contributed by atoms with Crippen molar-refractivity contribution in [2.45, 2.75) is 19.1 Å². The molecule has 1 N–H and O–H groups in total. The predicted molar refractivity (Wildman–Crippen MR) is 50.4 cm³/mol. The fourth-order valence-corrected chi connectivity index (χ4v) is 1.66. The van der Waals surface area contributed by atoms with Gasteiger partial charge in [-0.15, -0.1) is 0 Å². The van der Waals surface area contributed by atoms with E-state index < -0.39 is 0 Å². The predicted octanol–water partition coefficient (Wildman–Crippen LogP) is 1.13. The van der Waals surface area contributed by atoms with Gasteiger partial charge in [-0.05, 0) is 24.6 Å². The van der Waals surface area contributed by atoms with Gasteiger partial charge in [-0.3, -0.25) is 4.98 Å². The highest BCUT2D eigenvalue weighted by Gasteiger charge is 2.22. The Bertz CT molecular complexity index is 263. The van der Waals surface area contributed by atoms with Gasteiger partial charge in [0.05, 0.1) is 12.7 Å². The van der Waals surface area contributed by atoms with E-state index in [4.69, 9.17) is 4.74 Å². The van der Waals surface area contributed by atoms with Crippen LogP contribution in [-0.4, -0.2) is 24.2 Å². The second-order valence-electron chi connectivity index (χ2n) is 3.31.